The predicted molar refractivity (Wildman–Crippen MR) is 104 cm³/mol. The molecule has 0 spiro atoms. The Hall–Kier alpha value is -3.02. The van der Waals surface area contributed by atoms with E-state index in [2.05, 4.69) is 45.1 Å². The highest BCUT2D eigenvalue weighted by Crippen LogP contribution is 2.13. The third-order valence-corrected chi connectivity index (χ3v) is 4.54. The van der Waals surface area contributed by atoms with E-state index in [-0.39, 0.29) is 11.8 Å². The molecule has 1 aromatic carbocycles. The van der Waals surface area contributed by atoms with Crippen LogP contribution in [0.1, 0.15) is 53.6 Å². The molecule has 0 unspecified atom stereocenters. The Morgan fingerprint density at radius 3 is 2.63 bits per heavy atom. The number of pyridine rings is 1. The maximum Gasteiger partial charge on any atom is 0.252 e. The second kappa shape index (κ2) is 9.62. The largest absolute Gasteiger partial charge is 0.352 e. The van der Waals surface area contributed by atoms with Crippen molar-refractivity contribution in [2.24, 2.45) is 5.10 Å². The number of aromatic nitrogens is 1. The lowest BCUT2D eigenvalue weighted by Gasteiger charge is -2.12. The molecule has 0 radical (unpaired) electrons. The molecule has 140 valence electrons. The summed E-state index contributed by atoms with van der Waals surface area (Å²) in [6.07, 6.45) is 8.54. The van der Waals surface area contributed by atoms with E-state index in [1.54, 1.807) is 24.5 Å². The van der Waals surface area contributed by atoms with Gasteiger partial charge in [-0.1, -0.05) is 30.7 Å². The number of hydrazone groups is 1. The number of carbonyl (C=O) groups excluding carboxylic acids is 2. The maximum atomic E-state index is 11.9. The fraction of sp³-hybridized carbons (Fsp3) is 0.333. The summed E-state index contributed by atoms with van der Waals surface area (Å²) in [5.41, 5.74) is 6.42. The van der Waals surface area contributed by atoms with E-state index in [0.29, 0.717) is 24.9 Å². The normalized spacial score (nSPS) is 13.6. The number of unbranched alkanes of at least 4 members (excludes halogenated alkanes) is 2. The van der Waals surface area contributed by atoms with Crippen molar-refractivity contribution in [2.45, 2.75) is 38.5 Å². The molecule has 1 aliphatic heterocycles. The Morgan fingerprint density at radius 2 is 1.93 bits per heavy atom. The van der Waals surface area contributed by atoms with Crippen molar-refractivity contribution < 1.29 is 9.59 Å². The molecule has 27 heavy (non-hydrogen) atoms. The minimum Gasteiger partial charge on any atom is -0.352 e. The Labute approximate surface area is 159 Å². The second-order valence-electron chi connectivity index (χ2n) is 6.60. The van der Waals surface area contributed by atoms with Crippen LogP contribution in [-0.2, 0) is 11.2 Å². The van der Waals surface area contributed by atoms with Crippen molar-refractivity contribution in [1.29, 1.82) is 0 Å². The van der Waals surface area contributed by atoms with Gasteiger partial charge >= 0.3 is 0 Å². The molecule has 0 bridgehead atoms. The lowest BCUT2D eigenvalue weighted by atomic mass is 10.0. The molecular weight excluding hydrogens is 340 g/mol. The molecule has 3 rings (SSSR count). The summed E-state index contributed by atoms with van der Waals surface area (Å²) in [4.78, 5) is 27.0. The van der Waals surface area contributed by atoms with E-state index >= 15 is 0 Å². The van der Waals surface area contributed by atoms with Gasteiger partial charge in [0.1, 0.15) is 0 Å². The van der Waals surface area contributed by atoms with Crippen molar-refractivity contribution in [2.75, 3.05) is 6.54 Å². The first-order chi connectivity index (χ1) is 13.2. The molecule has 0 atom stereocenters. The third kappa shape index (κ3) is 5.74. The fourth-order valence-electron chi connectivity index (χ4n) is 2.98. The van der Waals surface area contributed by atoms with Crippen LogP contribution in [0.4, 0.5) is 0 Å². The molecule has 1 aliphatic rings. The van der Waals surface area contributed by atoms with Crippen LogP contribution in [0.3, 0.4) is 0 Å². The summed E-state index contributed by atoms with van der Waals surface area (Å²) in [6.45, 7) is 0.679. The van der Waals surface area contributed by atoms with Gasteiger partial charge in [-0.25, -0.2) is 5.43 Å². The van der Waals surface area contributed by atoms with Crippen molar-refractivity contribution in [3.05, 3.63) is 65.5 Å². The zero-order valence-electron chi connectivity index (χ0n) is 15.3. The first kappa shape index (κ1) is 18.8. The number of nitrogens with zero attached hydrogens (tertiary/aromatic N) is 2. The number of benzene rings is 1. The van der Waals surface area contributed by atoms with E-state index < -0.39 is 0 Å². The minimum atomic E-state index is -0.0690. The number of hydrogen-bond donors (Lipinski definition) is 2. The fourth-order valence-corrected chi connectivity index (χ4v) is 2.98. The summed E-state index contributed by atoms with van der Waals surface area (Å²) in [5.74, 6) is -0.0903. The van der Waals surface area contributed by atoms with Crippen molar-refractivity contribution in [3.63, 3.8) is 0 Å². The maximum absolute atomic E-state index is 11.9. The molecular formula is C21H24N4O2. The van der Waals surface area contributed by atoms with Gasteiger partial charge in [0, 0.05) is 31.8 Å². The number of nitrogens with one attached hydrogen (secondary N) is 2. The van der Waals surface area contributed by atoms with E-state index in [1.807, 2.05) is 0 Å². The van der Waals surface area contributed by atoms with Crippen LogP contribution < -0.4 is 10.7 Å². The van der Waals surface area contributed by atoms with Gasteiger partial charge in [0.15, 0.2) is 0 Å². The number of carbonyl (C=O) groups is 2. The van der Waals surface area contributed by atoms with E-state index in [4.69, 9.17) is 0 Å². The molecule has 2 N–H and O–H groups in total. The third-order valence-electron chi connectivity index (χ3n) is 4.54. The summed E-state index contributed by atoms with van der Waals surface area (Å²) in [6, 6.07) is 11.9. The van der Waals surface area contributed by atoms with E-state index in [9.17, 15) is 9.59 Å². The van der Waals surface area contributed by atoms with Crippen LogP contribution in [0.25, 0.3) is 0 Å². The standard InChI is InChI=1S/C21H24N4O2/c26-20-12-11-19(24-25-20)17-9-7-16(8-10-17)5-2-1-3-14-23-21(27)18-6-4-13-22-15-18/h4,6-10,13,15H,1-3,5,11-12,14H2,(H,23,27)(H,25,26). The molecule has 0 aliphatic carbocycles. The molecule has 1 aromatic heterocycles. The van der Waals surface area contributed by atoms with Gasteiger partial charge in [-0.15, -0.1) is 0 Å². The van der Waals surface area contributed by atoms with Crippen LogP contribution in [0, 0.1) is 0 Å². The van der Waals surface area contributed by atoms with Gasteiger partial charge in [0.05, 0.1) is 11.3 Å². The first-order valence-electron chi connectivity index (χ1n) is 9.35. The van der Waals surface area contributed by atoms with Crippen LogP contribution in [0.15, 0.2) is 53.9 Å². The van der Waals surface area contributed by atoms with Crippen LogP contribution in [0.2, 0.25) is 0 Å². The number of hydrogen-bond acceptors (Lipinski definition) is 4. The van der Waals surface area contributed by atoms with E-state index in [1.165, 1.54) is 5.56 Å². The number of aryl methyl sites for hydroxylation is 1. The number of amides is 2. The highest BCUT2D eigenvalue weighted by Gasteiger charge is 2.12. The summed E-state index contributed by atoms with van der Waals surface area (Å²) in [7, 11) is 0. The van der Waals surface area contributed by atoms with Crippen LogP contribution in [-0.4, -0.2) is 29.1 Å². The second-order valence-corrected chi connectivity index (χ2v) is 6.60. The average molecular weight is 364 g/mol. The van der Waals surface area contributed by atoms with Gasteiger partial charge in [-0.2, -0.15) is 5.10 Å². The highest BCUT2D eigenvalue weighted by molar-refractivity contribution is 6.04. The quantitative estimate of drug-likeness (QED) is 0.707. The van der Waals surface area contributed by atoms with Crippen LogP contribution in [0.5, 0.6) is 0 Å². The van der Waals surface area contributed by atoms with Gasteiger partial charge in [-0.05, 0) is 42.5 Å². The van der Waals surface area contributed by atoms with Crippen molar-refractivity contribution >= 4 is 17.5 Å². The highest BCUT2D eigenvalue weighted by atomic mass is 16.2. The summed E-state index contributed by atoms with van der Waals surface area (Å²) >= 11 is 0. The molecule has 0 fully saturated rings. The number of rotatable bonds is 8. The van der Waals surface area contributed by atoms with Gasteiger partial charge < -0.3 is 5.32 Å². The van der Waals surface area contributed by atoms with Gasteiger partial charge in [0.25, 0.3) is 5.91 Å². The summed E-state index contributed by atoms with van der Waals surface area (Å²) < 4.78 is 0. The molecule has 2 amide bonds. The SMILES string of the molecule is O=C1CCC(c2ccc(CCCCCNC(=O)c3cccnc3)cc2)=NN1. The zero-order valence-corrected chi connectivity index (χ0v) is 15.3. The molecule has 2 heterocycles. The van der Waals surface area contributed by atoms with Gasteiger partial charge in [-0.3, -0.25) is 14.6 Å². The first-order valence-corrected chi connectivity index (χ1v) is 9.35. The molecule has 0 saturated heterocycles. The Bertz CT molecular complexity index is 801. The van der Waals surface area contributed by atoms with Crippen molar-refractivity contribution in [1.82, 2.24) is 15.7 Å². The predicted octanol–water partition coefficient (Wildman–Crippen LogP) is 2.84. The summed E-state index contributed by atoms with van der Waals surface area (Å²) in [5, 5.41) is 7.04. The molecule has 2 aromatic rings. The Morgan fingerprint density at radius 1 is 1.07 bits per heavy atom. The lowest BCUT2D eigenvalue weighted by Crippen LogP contribution is -2.25. The Balaban J connectivity index is 1.34. The smallest absolute Gasteiger partial charge is 0.252 e. The molecule has 0 saturated carbocycles. The van der Waals surface area contributed by atoms with Crippen molar-refractivity contribution in [3.8, 4) is 0 Å². The minimum absolute atomic E-state index is 0.0213. The van der Waals surface area contributed by atoms with Gasteiger partial charge in [0.2, 0.25) is 5.91 Å². The van der Waals surface area contributed by atoms with E-state index in [0.717, 1.165) is 37.0 Å². The lowest BCUT2D eigenvalue weighted by molar-refractivity contribution is -0.121. The van der Waals surface area contributed by atoms with Crippen LogP contribution >= 0.6 is 0 Å². The molecule has 6 heteroatoms. The Kier molecular flexibility index (Phi) is 6.68. The average Bonchev–Trinajstić information content (AvgIpc) is 2.72. The monoisotopic (exact) mass is 364 g/mol. The zero-order chi connectivity index (χ0) is 18.9. The molecule has 6 nitrogen and oxygen atoms in total. The topological polar surface area (TPSA) is 83.5 Å².